The molecule has 0 saturated heterocycles. The fourth-order valence-electron chi connectivity index (χ4n) is 9.59. The number of carbonyl (C=O) groups excluding carboxylic acids is 8. The molecule has 0 atom stereocenters. The number of rotatable bonds is 60. The molecular weight excluding hydrogens is 1260 g/mol. The molecule has 0 unspecified atom stereocenters. The number of carbonyl (C=O) groups is 8. The SMILES string of the molecule is CCCCCCCCCCCCC(=O)NCCCn1cc(COC(=O)C(C)(COC(=O)C(C)(COC(=O)NCCCN(C)CCCN)COC(=O)NCCCN(C)CCCN)COC(=O)C(C)(COC(=O)NCCCN(C)CCCN)COC(=O)NCCCN(C)CCCN)nn1. The highest BCUT2D eigenvalue weighted by Crippen LogP contribution is 2.28. The van der Waals surface area contributed by atoms with Gasteiger partial charge in [0.2, 0.25) is 5.91 Å². The van der Waals surface area contributed by atoms with E-state index >= 15 is 0 Å². The number of nitrogens with two attached hydrogens (primary N) is 4. The molecule has 1 rings (SSSR count). The third-order valence-electron chi connectivity index (χ3n) is 16.1. The number of alkyl carbamates (subject to hydrolysis) is 4. The first-order valence-corrected chi connectivity index (χ1v) is 35.3. The van der Waals surface area contributed by atoms with Gasteiger partial charge in [0.15, 0.2) is 0 Å². The van der Waals surface area contributed by atoms with Crippen molar-refractivity contribution in [3.8, 4) is 0 Å². The maximum Gasteiger partial charge on any atom is 0.407 e. The van der Waals surface area contributed by atoms with Crippen molar-refractivity contribution in [2.24, 2.45) is 39.2 Å². The van der Waals surface area contributed by atoms with Crippen LogP contribution in [0.4, 0.5) is 19.2 Å². The Morgan fingerprint density at radius 3 is 1.04 bits per heavy atom. The molecular formula is C66H128N16O15. The van der Waals surface area contributed by atoms with Gasteiger partial charge in [-0.1, -0.05) is 69.9 Å². The summed E-state index contributed by atoms with van der Waals surface area (Å²) >= 11 is 0. The lowest BCUT2D eigenvalue weighted by Gasteiger charge is -2.32. The Morgan fingerprint density at radius 2 is 0.701 bits per heavy atom. The van der Waals surface area contributed by atoms with Gasteiger partial charge < -0.3 is 102 Å². The number of ether oxygens (including phenoxy) is 7. The summed E-state index contributed by atoms with van der Waals surface area (Å²) in [7, 11) is 7.75. The van der Waals surface area contributed by atoms with Crippen LogP contribution in [0.25, 0.3) is 0 Å². The minimum Gasteiger partial charge on any atom is -0.464 e. The topological polar surface area (TPSA) is 409 Å². The van der Waals surface area contributed by atoms with Gasteiger partial charge in [0.25, 0.3) is 0 Å². The van der Waals surface area contributed by atoms with Crippen molar-refractivity contribution in [3.05, 3.63) is 11.9 Å². The van der Waals surface area contributed by atoms with E-state index in [1.165, 1.54) is 70.4 Å². The zero-order chi connectivity index (χ0) is 72.0. The quantitative estimate of drug-likeness (QED) is 0.0254. The number of nitrogens with zero attached hydrogens (tertiary/aromatic N) is 7. The Kier molecular flexibility index (Phi) is 50.0. The highest BCUT2D eigenvalue weighted by molar-refractivity contribution is 5.82. The lowest BCUT2D eigenvalue weighted by atomic mass is 9.90. The van der Waals surface area contributed by atoms with Crippen LogP contribution in [0.5, 0.6) is 0 Å². The first kappa shape index (κ1) is 88.8. The van der Waals surface area contributed by atoms with Gasteiger partial charge in [0.1, 0.15) is 68.2 Å². The standard InChI is InChI=1S/C66H128N16O15/c1-9-10-11-12-13-14-15-16-17-18-28-56(83)71-33-27-46-82-47-55(76-77-82)48-91-57(84)64(2,49-92-58(85)65(3,51-94-60(87)72-34-23-42-78(5)38-19-29-67)52-95-61(88)73-35-24-43-79(6)39-20-30-68)50-93-59(86)66(4,53-96-62(89)74-36-25-44-80(7)40-21-31-69)54-97-63(90)75-37-26-45-81(8)41-22-32-70/h47H,9-46,48-54,67-70H2,1-8H3,(H,71,83)(H,72,87)(H,73,88)(H,74,89)(H,75,90). The van der Waals surface area contributed by atoms with Crippen LogP contribution in [0, 0.1) is 16.2 Å². The summed E-state index contributed by atoms with van der Waals surface area (Å²) in [5.74, 6) is -3.19. The van der Waals surface area contributed by atoms with Gasteiger partial charge in [-0.25, -0.2) is 19.2 Å². The van der Waals surface area contributed by atoms with Crippen LogP contribution in [-0.4, -0.2) is 262 Å². The minimum atomic E-state index is -2.02. The molecule has 13 N–H and O–H groups in total. The summed E-state index contributed by atoms with van der Waals surface area (Å²) in [4.78, 5) is 117. The Hall–Kier alpha value is -6.22. The van der Waals surface area contributed by atoms with Crippen molar-refractivity contribution in [1.29, 1.82) is 0 Å². The number of hydrogen-bond acceptors (Lipinski definition) is 25. The Balaban J connectivity index is 3.48. The van der Waals surface area contributed by atoms with Gasteiger partial charge in [-0.15, -0.1) is 5.10 Å². The lowest BCUT2D eigenvalue weighted by molar-refractivity contribution is -0.179. The smallest absolute Gasteiger partial charge is 0.407 e. The number of unbranched alkanes of at least 4 members (excludes halogenated alkanes) is 9. The van der Waals surface area contributed by atoms with E-state index < -0.39 is 105 Å². The van der Waals surface area contributed by atoms with Crippen LogP contribution in [0.2, 0.25) is 0 Å². The molecule has 0 fully saturated rings. The maximum atomic E-state index is 14.5. The van der Waals surface area contributed by atoms with Crippen LogP contribution in [0.3, 0.4) is 0 Å². The second-order valence-corrected chi connectivity index (χ2v) is 26.2. The number of aromatic nitrogens is 3. The Morgan fingerprint density at radius 1 is 0.402 bits per heavy atom. The molecule has 1 heterocycles. The predicted octanol–water partition coefficient (Wildman–Crippen LogP) is 3.83. The molecule has 0 aliphatic rings. The molecule has 97 heavy (non-hydrogen) atoms. The van der Waals surface area contributed by atoms with Crippen LogP contribution in [0.15, 0.2) is 6.20 Å². The first-order chi connectivity index (χ1) is 46.5. The van der Waals surface area contributed by atoms with Gasteiger partial charge in [-0.3, -0.25) is 23.9 Å². The lowest BCUT2D eigenvalue weighted by Crippen LogP contribution is -2.47. The molecule has 0 bridgehead atoms. The second kappa shape index (κ2) is 54.7. The number of amides is 5. The molecule has 562 valence electrons. The summed E-state index contributed by atoms with van der Waals surface area (Å²) in [6, 6.07) is 0. The second-order valence-electron chi connectivity index (χ2n) is 26.2. The molecule has 0 aliphatic heterocycles. The third kappa shape index (κ3) is 44.4. The fourth-order valence-corrected chi connectivity index (χ4v) is 9.59. The summed E-state index contributed by atoms with van der Waals surface area (Å²) in [5, 5.41) is 21.9. The first-order valence-electron chi connectivity index (χ1n) is 35.3. The van der Waals surface area contributed by atoms with Crippen molar-refractivity contribution in [1.82, 2.24) is 61.2 Å². The number of aryl methyl sites for hydroxylation is 1. The van der Waals surface area contributed by atoms with Gasteiger partial charge in [-0.2, -0.15) is 0 Å². The summed E-state index contributed by atoms with van der Waals surface area (Å²) < 4.78 is 41.2. The van der Waals surface area contributed by atoms with Crippen LogP contribution >= 0.6 is 0 Å². The highest BCUT2D eigenvalue weighted by atomic mass is 16.6. The van der Waals surface area contributed by atoms with E-state index in [9.17, 15) is 38.4 Å². The number of hydrogen-bond donors (Lipinski definition) is 9. The van der Waals surface area contributed by atoms with Crippen molar-refractivity contribution < 1.29 is 71.5 Å². The van der Waals surface area contributed by atoms with E-state index in [1.54, 1.807) is 6.20 Å². The fraction of sp³-hybridized carbons (Fsp3) is 0.848. The van der Waals surface area contributed by atoms with E-state index in [1.807, 2.05) is 28.2 Å². The summed E-state index contributed by atoms with van der Waals surface area (Å²) in [6.07, 6.45) is 16.5. The number of nitrogens with one attached hydrogen (secondary N) is 5. The monoisotopic (exact) mass is 1380 g/mol. The molecule has 1 aromatic rings. The van der Waals surface area contributed by atoms with Crippen LogP contribution in [-0.2, 0) is 65.5 Å². The average molecular weight is 1390 g/mol. The van der Waals surface area contributed by atoms with Gasteiger partial charge >= 0.3 is 42.3 Å². The van der Waals surface area contributed by atoms with E-state index in [0.717, 1.165) is 71.1 Å². The van der Waals surface area contributed by atoms with Crippen molar-refractivity contribution in [2.75, 3.05) is 179 Å². The van der Waals surface area contributed by atoms with E-state index in [4.69, 9.17) is 56.1 Å². The average Bonchev–Trinajstić information content (AvgIpc) is 0.899. The van der Waals surface area contributed by atoms with Gasteiger partial charge in [0.05, 0.1) is 6.20 Å². The largest absolute Gasteiger partial charge is 0.464 e. The van der Waals surface area contributed by atoms with Crippen LogP contribution < -0.4 is 49.5 Å². The number of esters is 3. The summed E-state index contributed by atoms with van der Waals surface area (Å²) in [6.45, 7) is 11.2. The molecule has 5 amide bonds. The zero-order valence-electron chi connectivity index (χ0n) is 60.5. The Bertz CT molecular complexity index is 2130. The zero-order valence-corrected chi connectivity index (χ0v) is 60.5. The molecule has 31 heteroatoms. The van der Waals surface area contributed by atoms with Crippen molar-refractivity contribution >= 4 is 48.2 Å². The summed E-state index contributed by atoms with van der Waals surface area (Å²) in [5.41, 5.74) is 17.0. The minimum absolute atomic E-state index is 0.0124. The maximum absolute atomic E-state index is 14.5. The van der Waals surface area contributed by atoms with Crippen molar-refractivity contribution in [3.63, 3.8) is 0 Å². The Labute approximate surface area is 578 Å². The molecule has 0 aromatic carbocycles. The molecule has 0 spiro atoms. The van der Waals surface area contributed by atoms with E-state index in [0.29, 0.717) is 104 Å². The van der Waals surface area contributed by atoms with E-state index in [-0.39, 0.29) is 37.8 Å². The predicted molar refractivity (Wildman–Crippen MR) is 371 cm³/mol. The third-order valence-corrected chi connectivity index (χ3v) is 16.1. The molecule has 0 radical (unpaired) electrons. The molecule has 0 saturated carbocycles. The van der Waals surface area contributed by atoms with Gasteiger partial charge in [-0.05, 0) is 192 Å². The normalized spacial score (nSPS) is 11.8. The van der Waals surface area contributed by atoms with Crippen LogP contribution in [0.1, 0.15) is 162 Å². The van der Waals surface area contributed by atoms with E-state index in [2.05, 4.69) is 63.4 Å². The molecule has 1 aromatic heterocycles. The molecule has 0 aliphatic carbocycles. The highest BCUT2D eigenvalue weighted by Gasteiger charge is 2.46. The molecule has 31 nitrogen and oxygen atoms in total. The van der Waals surface area contributed by atoms with Crippen molar-refractivity contribution in [2.45, 2.75) is 169 Å². The van der Waals surface area contributed by atoms with Gasteiger partial charge in [0, 0.05) is 45.7 Å².